The van der Waals surface area contributed by atoms with Gasteiger partial charge in [-0.15, -0.1) is 0 Å². The molecule has 0 N–H and O–H groups in total. The molecule has 1 aromatic rings. The van der Waals surface area contributed by atoms with Gasteiger partial charge in [-0.3, -0.25) is 0 Å². The van der Waals surface area contributed by atoms with E-state index in [-0.39, 0.29) is 17.6 Å². The van der Waals surface area contributed by atoms with E-state index in [0.717, 1.165) is 12.0 Å². The van der Waals surface area contributed by atoms with E-state index in [1.165, 1.54) is 5.56 Å². The Hall–Kier alpha value is -1.33. The molecule has 0 aliphatic rings. The van der Waals surface area contributed by atoms with Gasteiger partial charge in [0.1, 0.15) is 0 Å². The molecule has 0 bridgehead atoms. The Balaban J connectivity index is 2.87. The lowest BCUT2D eigenvalue weighted by Gasteiger charge is -2.23. The predicted octanol–water partition coefficient (Wildman–Crippen LogP) is 4.75. The van der Waals surface area contributed by atoms with E-state index in [1.807, 2.05) is 13.8 Å². The highest BCUT2D eigenvalue weighted by atomic mass is 16.5. The second-order valence-electron chi connectivity index (χ2n) is 6.24. The largest absolute Gasteiger partial charge is 0.371 e. The smallest absolute Gasteiger partial charge is 0.0838 e. The van der Waals surface area contributed by atoms with Crippen molar-refractivity contribution in [3.8, 4) is 6.07 Å². The van der Waals surface area contributed by atoms with Crippen molar-refractivity contribution in [2.45, 2.75) is 65.1 Å². The molecule has 1 atom stereocenters. The topological polar surface area (TPSA) is 33.0 Å². The second kappa shape index (κ2) is 6.73. The molecule has 0 saturated heterocycles. The van der Waals surface area contributed by atoms with E-state index in [0.29, 0.717) is 6.42 Å². The molecule has 104 valence electrons. The minimum absolute atomic E-state index is 0.0219. The van der Waals surface area contributed by atoms with Crippen LogP contribution >= 0.6 is 0 Å². The van der Waals surface area contributed by atoms with Crippen molar-refractivity contribution in [3.05, 3.63) is 35.4 Å². The lowest BCUT2D eigenvalue weighted by atomic mass is 9.86. The van der Waals surface area contributed by atoms with Crippen LogP contribution in [0, 0.1) is 11.3 Å². The number of nitriles is 1. The second-order valence-corrected chi connectivity index (χ2v) is 6.24. The first-order chi connectivity index (χ1) is 8.84. The van der Waals surface area contributed by atoms with Gasteiger partial charge in [0.25, 0.3) is 0 Å². The van der Waals surface area contributed by atoms with Gasteiger partial charge in [-0.2, -0.15) is 5.26 Å². The zero-order valence-electron chi connectivity index (χ0n) is 12.7. The summed E-state index contributed by atoms with van der Waals surface area (Å²) in [5, 5.41) is 8.74. The summed E-state index contributed by atoms with van der Waals surface area (Å²) in [5.41, 5.74) is 2.65. The quantitative estimate of drug-likeness (QED) is 0.764. The molecule has 0 radical (unpaired) electrons. The van der Waals surface area contributed by atoms with Gasteiger partial charge in [0.2, 0.25) is 0 Å². The fraction of sp³-hybridized carbons (Fsp3) is 0.588. The van der Waals surface area contributed by atoms with Crippen LogP contribution in [0.4, 0.5) is 0 Å². The van der Waals surface area contributed by atoms with Crippen molar-refractivity contribution in [3.63, 3.8) is 0 Å². The number of rotatable bonds is 5. The maximum absolute atomic E-state index is 8.74. The van der Waals surface area contributed by atoms with E-state index in [4.69, 9.17) is 10.00 Å². The molecule has 0 amide bonds. The van der Waals surface area contributed by atoms with Gasteiger partial charge in [-0.05, 0) is 36.8 Å². The van der Waals surface area contributed by atoms with Crippen LogP contribution in [-0.4, -0.2) is 6.10 Å². The molecule has 0 aromatic heterocycles. The molecule has 1 aromatic carbocycles. The molecule has 0 aliphatic heterocycles. The van der Waals surface area contributed by atoms with Gasteiger partial charge in [-0.1, -0.05) is 45.0 Å². The van der Waals surface area contributed by atoms with Crippen LogP contribution in [0.15, 0.2) is 24.3 Å². The highest BCUT2D eigenvalue weighted by Gasteiger charge is 2.16. The SMILES string of the molecule is CC(C)OC(CCC#N)c1ccc(C(C)(C)C)cc1. The van der Waals surface area contributed by atoms with Crippen molar-refractivity contribution in [2.24, 2.45) is 0 Å². The summed E-state index contributed by atoms with van der Waals surface area (Å²) in [6.45, 7) is 10.7. The maximum Gasteiger partial charge on any atom is 0.0838 e. The Bertz CT molecular complexity index is 420. The predicted molar refractivity (Wildman–Crippen MR) is 79.0 cm³/mol. The number of benzene rings is 1. The van der Waals surface area contributed by atoms with Crippen LogP contribution in [0.2, 0.25) is 0 Å². The van der Waals surface area contributed by atoms with Gasteiger partial charge >= 0.3 is 0 Å². The minimum atomic E-state index is 0.0219. The number of hydrogen-bond acceptors (Lipinski definition) is 2. The number of hydrogen-bond donors (Lipinski definition) is 0. The normalized spacial score (nSPS) is 13.3. The van der Waals surface area contributed by atoms with Crippen molar-refractivity contribution in [1.82, 2.24) is 0 Å². The fourth-order valence-electron chi connectivity index (χ4n) is 2.04. The lowest BCUT2D eigenvalue weighted by Crippen LogP contribution is -2.13. The Morgan fingerprint density at radius 1 is 1.16 bits per heavy atom. The van der Waals surface area contributed by atoms with Crippen LogP contribution in [0.5, 0.6) is 0 Å². The molecule has 19 heavy (non-hydrogen) atoms. The number of nitrogens with zero attached hydrogens (tertiary/aromatic N) is 1. The van der Waals surface area contributed by atoms with Gasteiger partial charge in [-0.25, -0.2) is 0 Å². The lowest BCUT2D eigenvalue weighted by molar-refractivity contribution is 0.00249. The third kappa shape index (κ3) is 5.04. The Morgan fingerprint density at radius 2 is 1.74 bits per heavy atom. The van der Waals surface area contributed by atoms with E-state index < -0.39 is 0 Å². The first-order valence-electron chi connectivity index (χ1n) is 6.97. The first kappa shape index (κ1) is 15.7. The summed E-state index contributed by atoms with van der Waals surface area (Å²) < 4.78 is 5.91. The molecule has 0 fully saturated rings. The number of ether oxygens (including phenoxy) is 1. The Kier molecular flexibility index (Phi) is 5.57. The summed E-state index contributed by atoms with van der Waals surface area (Å²) in [5.74, 6) is 0. The fourth-order valence-corrected chi connectivity index (χ4v) is 2.04. The van der Waals surface area contributed by atoms with Crippen molar-refractivity contribution in [1.29, 1.82) is 5.26 Å². The zero-order chi connectivity index (χ0) is 14.5. The molecular weight excluding hydrogens is 234 g/mol. The Labute approximate surface area is 117 Å². The van der Waals surface area contributed by atoms with Gasteiger partial charge in [0.05, 0.1) is 18.3 Å². The van der Waals surface area contributed by atoms with E-state index >= 15 is 0 Å². The molecule has 1 unspecified atom stereocenters. The van der Waals surface area contributed by atoms with Gasteiger partial charge in [0, 0.05) is 6.42 Å². The molecule has 0 aliphatic carbocycles. The van der Waals surface area contributed by atoms with Crippen molar-refractivity contribution in [2.75, 3.05) is 0 Å². The van der Waals surface area contributed by atoms with Crippen LogP contribution in [0.1, 0.15) is 64.7 Å². The molecular formula is C17H25NO. The first-order valence-corrected chi connectivity index (χ1v) is 6.97. The molecule has 2 nitrogen and oxygen atoms in total. The summed E-state index contributed by atoms with van der Waals surface area (Å²) in [6.07, 6.45) is 1.47. The maximum atomic E-state index is 8.74. The highest BCUT2D eigenvalue weighted by molar-refractivity contribution is 5.28. The van der Waals surface area contributed by atoms with Crippen molar-refractivity contribution < 1.29 is 4.74 Å². The van der Waals surface area contributed by atoms with Crippen LogP contribution in [0.25, 0.3) is 0 Å². The van der Waals surface area contributed by atoms with Gasteiger partial charge < -0.3 is 4.74 Å². The third-order valence-electron chi connectivity index (χ3n) is 3.10. The van der Waals surface area contributed by atoms with E-state index in [2.05, 4.69) is 51.1 Å². The summed E-state index contributed by atoms with van der Waals surface area (Å²) in [6, 6.07) is 10.8. The molecule has 1 rings (SSSR count). The molecule has 0 spiro atoms. The summed E-state index contributed by atoms with van der Waals surface area (Å²) in [4.78, 5) is 0. The molecule has 0 saturated carbocycles. The van der Waals surface area contributed by atoms with Crippen molar-refractivity contribution >= 4 is 0 Å². The van der Waals surface area contributed by atoms with E-state index in [9.17, 15) is 0 Å². The molecule has 0 heterocycles. The van der Waals surface area contributed by atoms with Crippen LogP contribution in [0.3, 0.4) is 0 Å². The monoisotopic (exact) mass is 259 g/mol. The van der Waals surface area contributed by atoms with Crippen LogP contribution in [-0.2, 0) is 10.2 Å². The molecule has 2 heteroatoms. The van der Waals surface area contributed by atoms with E-state index in [1.54, 1.807) is 0 Å². The third-order valence-corrected chi connectivity index (χ3v) is 3.10. The Morgan fingerprint density at radius 3 is 2.16 bits per heavy atom. The summed E-state index contributed by atoms with van der Waals surface area (Å²) in [7, 11) is 0. The highest BCUT2D eigenvalue weighted by Crippen LogP contribution is 2.28. The summed E-state index contributed by atoms with van der Waals surface area (Å²) >= 11 is 0. The van der Waals surface area contributed by atoms with Gasteiger partial charge in [0.15, 0.2) is 0 Å². The minimum Gasteiger partial charge on any atom is -0.371 e. The standard InChI is InChI=1S/C17H25NO/c1-13(2)19-16(7-6-12-18)14-8-10-15(11-9-14)17(3,4)5/h8-11,13,16H,6-7H2,1-5H3. The zero-order valence-corrected chi connectivity index (χ0v) is 12.7. The average Bonchev–Trinajstić information content (AvgIpc) is 2.33. The average molecular weight is 259 g/mol. The van der Waals surface area contributed by atoms with Crippen LogP contribution < -0.4 is 0 Å².